The van der Waals surface area contributed by atoms with E-state index < -0.39 is 0 Å². The van der Waals surface area contributed by atoms with Gasteiger partial charge in [-0.3, -0.25) is 4.79 Å². The van der Waals surface area contributed by atoms with Gasteiger partial charge in [0.2, 0.25) is 0 Å². The Balaban J connectivity index is 1.55. The molecule has 5 nitrogen and oxygen atoms in total. The highest BCUT2D eigenvalue weighted by Gasteiger charge is 2.34. The van der Waals surface area contributed by atoms with Gasteiger partial charge in [0.1, 0.15) is 11.8 Å². The van der Waals surface area contributed by atoms with E-state index in [-0.39, 0.29) is 23.8 Å². The first kappa shape index (κ1) is 19.7. The molecule has 2 aromatic rings. The molecule has 0 aliphatic heterocycles. The molecule has 0 amide bonds. The highest BCUT2D eigenvalue weighted by atomic mass is 16.5. The van der Waals surface area contributed by atoms with Gasteiger partial charge < -0.3 is 14.6 Å². The van der Waals surface area contributed by atoms with Crippen LogP contribution < -0.4 is 4.90 Å². The molecule has 3 atom stereocenters. The average Bonchev–Trinajstić information content (AvgIpc) is 3.25. The second-order valence-electron chi connectivity index (χ2n) is 8.84. The third kappa shape index (κ3) is 3.70. The highest BCUT2D eigenvalue weighted by molar-refractivity contribution is 6.03. The van der Waals surface area contributed by atoms with Gasteiger partial charge in [-0.15, -0.1) is 0 Å². The molecule has 1 aromatic heterocycles. The van der Waals surface area contributed by atoms with Crippen LogP contribution in [0.4, 0.5) is 5.69 Å². The number of ether oxygens (including phenoxy) is 1. The molecule has 0 radical (unpaired) electrons. The fourth-order valence-electron chi connectivity index (χ4n) is 4.80. The average molecular weight is 395 g/mol. The van der Waals surface area contributed by atoms with Crippen LogP contribution in [0.2, 0.25) is 0 Å². The van der Waals surface area contributed by atoms with E-state index in [2.05, 4.69) is 41.1 Å². The molecule has 0 spiro atoms. The Morgan fingerprint density at radius 1 is 1.14 bits per heavy atom. The molecule has 0 unspecified atom stereocenters. The number of aromatic amines is 1. The quantitative estimate of drug-likeness (QED) is 0.767. The summed E-state index contributed by atoms with van der Waals surface area (Å²) >= 11 is 0. The van der Waals surface area contributed by atoms with Crippen molar-refractivity contribution in [3.8, 4) is 0 Å². The molecule has 0 saturated heterocycles. The Morgan fingerprint density at radius 3 is 2.48 bits per heavy atom. The number of rotatable bonds is 4. The maximum absolute atomic E-state index is 12.9. The molecule has 2 aliphatic carbocycles. The SMILES string of the molecule is Cc1c(C(=O)O[C@@H]2CCC[C@@H]2C)[nH]c2c1C(=O)C[C@H](c1ccc(N(C)C)cc1)C2. The van der Waals surface area contributed by atoms with Crippen molar-refractivity contribution in [2.45, 2.75) is 58.0 Å². The fraction of sp³-hybridized carbons (Fsp3) is 0.500. The molecule has 1 N–H and O–H groups in total. The molecule has 4 rings (SSSR count). The summed E-state index contributed by atoms with van der Waals surface area (Å²) in [6.07, 6.45) is 4.33. The number of fused-ring (bicyclic) bond motifs is 1. The van der Waals surface area contributed by atoms with Crippen molar-refractivity contribution < 1.29 is 14.3 Å². The number of Topliss-reactive ketones (excluding diaryl/α,β-unsaturated/α-hetero) is 1. The summed E-state index contributed by atoms with van der Waals surface area (Å²) in [6.45, 7) is 3.99. The summed E-state index contributed by atoms with van der Waals surface area (Å²) in [7, 11) is 4.03. The van der Waals surface area contributed by atoms with Crippen molar-refractivity contribution >= 4 is 17.4 Å². The summed E-state index contributed by atoms with van der Waals surface area (Å²) in [5.74, 6) is 0.313. The van der Waals surface area contributed by atoms with E-state index in [0.717, 1.165) is 48.2 Å². The lowest BCUT2D eigenvalue weighted by atomic mass is 9.81. The highest BCUT2D eigenvalue weighted by Crippen LogP contribution is 2.36. The predicted octanol–water partition coefficient (Wildman–Crippen LogP) is 4.65. The van der Waals surface area contributed by atoms with Gasteiger partial charge in [-0.2, -0.15) is 0 Å². The normalized spacial score (nSPS) is 23.7. The number of benzene rings is 1. The largest absolute Gasteiger partial charge is 0.457 e. The summed E-state index contributed by atoms with van der Waals surface area (Å²) in [5, 5.41) is 0. The fourth-order valence-corrected chi connectivity index (χ4v) is 4.80. The molecule has 29 heavy (non-hydrogen) atoms. The van der Waals surface area contributed by atoms with E-state index in [1.54, 1.807) is 0 Å². The number of ketones is 1. The molecule has 154 valence electrons. The van der Waals surface area contributed by atoms with Gasteiger partial charge in [0.25, 0.3) is 0 Å². The minimum absolute atomic E-state index is 0.0131. The summed E-state index contributed by atoms with van der Waals surface area (Å²) < 4.78 is 5.76. The number of H-pyrrole nitrogens is 1. The van der Waals surface area contributed by atoms with Gasteiger partial charge in [-0.05, 0) is 67.7 Å². The van der Waals surface area contributed by atoms with Crippen molar-refractivity contribution in [2.24, 2.45) is 5.92 Å². The first-order chi connectivity index (χ1) is 13.8. The molecule has 0 bridgehead atoms. The number of anilines is 1. The number of carbonyl (C=O) groups is 2. The lowest BCUT2D eigenvalue weighted by Crippen LogP contribution is -2.21. The number of hydrogen-bond donors (Lipinski definition) is 1. The van der Waals surface area contributed by atoms with Crippen molar-refractivity contribution in [2.75, 3.05) is 19.0 Å². The van der Waals surface area contributed by atoms with Crippen LogP contribution in [0.3, 0.4) is 0 Å². The molecule has 1 fully saturated rings. The zero-order valence-corrected chi connectivity index (χ0v) is 17.7. The zero-order valence-electron chi connectivity index (χ0n) is 17.7. The van der Waals surface area contributed by atoms with Crippen LogP contribution in [0.25, 0.3) is 0 Å². The van der Waals surface area contributed by atoms with Crippen LogP contribution in [0.1, 0.15) is 76.2 Å². The standard InChI is InChI=1S/C24H30N2O3/c1-14-6-5-7-21(14)29-24(28)23-15(2)22-19(25-23)12-17(13-20(22)27)16-8-10-18(11-9-16)26(3)4/h8-11,14,17,21,25H,5-7,12-13H2,1-4H3/t14-,17+,21+/m0/s1. The number of carbonyl (C=O) groups excluding carboxylic acids is 2. The third-order valence-corrected chi connectivity index (χ3v) is 6.62. The maximum Gasteiger partial charge on any atom is 0.355 e. The van der Waals surface area contributed by atoms with Gasteiger partial charge in [-0.1, -0.05) is 19.1 Å². The first-order valence-corrected chi connectivity index (χ1v) is 10.6. The molecule has 5 heteroatoms. The first-order valence-electron chi connectivity index (χ1n) is 10.6. The lowest BCUT2D eigenvalue weighted by molar-refractivity contribution is 0.0219. The van der Waals surface area contributed by atoms with E-state index in [0.29, 0.717) is 23.6 Å². The van der Waals surface area contributed by atoms with Crippen molar-refractivity contribution in [3.05, 3.63) is 52.3 Å². The molecule has 1 saturated carbocycles. The van der Waals surface area contributed by atoms with Gasteiger partial charge >= 0.3 is 5.97 Å². The van der Waals surface area contributed by atoms with Gasteiger partial charge in [0, 0.05) is 37.5 Å². The van der Waals surface area contributed by atoms with Crippen LogP contribution in [0.15, 0.2) is 24.3 Å². The Bertz CT molecular complexity index is 926. The van der Waals surface area contributed by atoms with Gasteiger partial charge in [0.15, 0.2) is 5.78 Å². The van der Waals surface area contributed by atoms with Crippen molar-refractivity contribution in [1.82, 2.24) is 4.98 Å². The van der Waals surface area contributed by atoms with Crippen LogP contribution in [-0.2, 0) is 11.2 Å². The molecule has 1 aromatic carbocycles. The van der Waals surface area contributed by atoms with Gasteiger partial charge in [0.05, 0.1) is 0 Å². The van der Waals surface area contributed by atoms with Crippen molar-refractivity contribution in [3.63, 3.8) is 0 Å². The molecule has 1 heterocycles. The predicted molar refractivity (Wildman–Crippen MR) is 114 cm³/mol. The minimum Gasteiger partial charge on any atom is -0.457 e. The summed E-state index contributed by atoms with van der Waals surface area (Å²) in [5.41, 5.74) is 5.04. The Hall–Kier alpha value is -2.56. The van der Waals surface area contributed by atoms with Crippen molar-refractivity contribution in [1.29, 1.82) is 0 Å². The Kier molecular flexibility index (Phi) is 5.24. The number of hydrogen-bond acceptors (Lipinski definition) is 4. The second kappa shape index (κ2) is 7.69. The third-order valence-electron chi connectivity index (χ3n) is 6.62. The van der Waals surface area contributed by atoms with E-state index in [9.17, 15) is 9.59 Å². The van der Waals surface area contributed by atoms with E-state index in [4.69, 9.17) is 4.74 Å². The number of esters is 1. The lowest BCUT2D eigenvalue weighted by Gasteiger charge is -2.23. The number of nitrogens with one attached hydrogen (secondary N) is 1. The second-order valence-corrected chi connectivity index (χ2v) is 8.84. The van der Waals surface area contributed by atoms with Crippen LogP contribution >= 0.6 is 0 Å². The van der Waals surface area contributed by atoms with Crippen LogP contribution in [0, 0.1) is 12.8 Å². The molecule has 2 aliphatic rings. The minimum atomic E-state index is -0.324. The zero-order chi connectivity index (χ0) is 20.7. The van der Waals surface area contributed by atoms with Gasteiger partial charge in [-0.25, -0.2) is 4.79 Å². The van der Waals surface area contributed by atoms with E-state index in [1.165, 1.54) is 0 Å². The molecular formula is C24H30N2O3. The number of aromatic nitrogens is 1. The Morgan fingerprint density at radius 2 is 1.86 bits per heavy atom. The summed E-state index contributed by atoms with van der Waals surface area (Å²) in [6, 6.07) is 8.37. The topological polar surface area (TPSA) is 62.4 Å². The van der Waals surface area contributed by atoms with E-state index >= 15 is 0 Å². The van der Waals surface area contributed by atoms with Crippen LogP contribution in [-0.4, -0.2) is 36.9 Å². The maximum atomic E-state index is 12.9. The molecular weight excluding hydrogens is 364 g/mol. The monoisotopic (exact) mass is 394 g/mol. The number of nitrogens with zero attached hydrogens (tertiary/aromatic N) is 1. The summed E-state index contributed by atoms with van der Waals surface area (Å²) in [4.78, 5) is 31.0. The Labute approximate surface area is 172 Å². The van der Waals surface area contributed by atoms with E-state index in [1.807, 2.05) is 21.0 Å². The van der Waals surface area contributed by atoms with Crippen LogP contribution in [0.5, 0.6) is 0 Å². The smallest absolute Gasteiger partial charge is 0.355 e.